The molecular formula is C16H14O3. The highest BCUT2D eigenvalue weighted by Crippen LogP contribution is 2.48. The van der Waals surface area contributed by atoms with E-state index in [1.165, 1.54) is 11.1 Å². The summed E-state index contributed by atoms with van der Waals surface area (Å²) in [6, 6.07) is 14.2. The van der Waals surface area contributed by atoms with Crippen LogP contribution in [0.15, 0.2) is 42.5 Å². The van der Waals surface area contributed by atoms with Gasteiger partial charge in [-0.05, 0) is 22.8 Å². The third-order valence-corrected chi connectivity index (χ3v) is 3.59. The summed E-state index contributed by atoms with van der Waals surface area (Å²) in [7, 11) is 1.66. The first-order chi connectivity index (χ1) is 9.36. The van der Waals surface area contributed by atoms with Crippen LogP contribution in [0.1, 0.15) is 17.0 Å². The van der Waals surface area contributed by atoms with Crippen molar-refractivity contribution in [1.82, 2.24) is 0 Å². The second-order valence-electron chi connectivity index (χ2n) is 4.49. The Morgan fingerprint density at radius 3 is 2.68 bits per heavy atom. The SMILES string of the molecule is COc1cccc2c1C(COC=O)c1ccccc1-2. The topological polar surface area (TPSA) is 35.5 Å². The van der Waals surface area contributed by atoms with Crippen LogP contribution < -0.4 is 4.74 Å². The minimum absolute atomic E-state index is 0.0487. The van der Waals surface area contributed by atoms with Crippen molar-refractivity contribution in [3.05, 3.63) is 53.6 Å². The van der Waals surface area contributed by atoms with Gasteiger partial charge in [0.25, 0.3) is 6.47 Å². The Bertz CT molecular complexity index is 619. The number of fused-ring (bicyclic) bond motifs is 3. The van der Waals surface area contributed by atoms with Crippen molar-refractivity contribution < 1.29 is 14.3 Å². The fourth-order valence-corrected chi connectivity index (χ4v) is 2.83. The van der Waals surface area contributed by atoms with Gasteiger partial charge in [-0.25, -0.2) is 0 Å². The van der Waals surface area contributed by atoms with Crippen LogP contribution in [0.4, 0.5) is 0 Å². The summed E-state index contributed by atoms with van der Waals surface area (Å²) >= 11 is 0. The van der Waals surface area contributed by atoms with Crippen LogP contribution in [0, 0.1) is 0 Å². The van der Waals surface area contributed by atoms with Gasteiger partial charge in [-0.15, -0.1) is 0 Å². The van der Waals surface area contributed by atoms with Gasteiger partial charge in [0, 0.05) is 11.5 Å². The first-order valence-electron chi connectivity index (χ1n) is 6.18. The third-order valence-electron chi connectivity index (χ3n) is 3.59. The Morgan fingerprint density at radius 1 is 1.11 bits per heavy atom. The number of hydrogen-bond acceptors (Lipinski definition) is 3. The van der Waals surface area contributed by atoms with Crippen LogP contribution >= 0.6 is 0 Å². The molecule has 1 atom stereocenters. The second-order valence-corrected chi connectivity index (χ2v) is 4.49. The highest BCUT2D eigenvalue weighted by molar-refractivity contribution is 5.81. The Labute approximate surface area is 111 Å². The van der Waals surface area contributed by atoms with E-state index < -0.39 is 0 Å². The molecule has 3 rings (SSSR count). The molecule has 1 unspecified atom stereocenters. The molecule has 96 valence electrons. The maximum absolute atomic E-state index is 10.5. The van der Waals surface area contributed by atoms with Crippen molar-refractivity contribution in [2.24, 2.45) is 0 Å². The molecule has 1 aliphatic rings. The average molecular weight is 254 g/mol. The van der Waals surface area contributed by atoms with Crippen LogP contribution in [-0.2, 0) is 9.53 Å². The zero-order valence-electron chi connectivity index (χ0n) is 10.6. The number of hydrogen-bond donors (Lipinski definition) is 0. The molecular weight excluding hydrogens is 240 g/mol. The van der Waals surface area contributed by atoms with Crippen molar-refractivity contribution in [1.29, 1.82) is 0 Å². The van der Waals surface area contributed by atoms with Gasteiger partial charge in [0.05, 0.1) is 7.11 Å². The van der Waals surface area contributed by atoms with Gasteiger partial charge in [0.2, 0.25) is 0 Å². The minimum Gasteiger partial charge on any atom is -0.496 e. The van der Waals surface area contributed by atoms with Gasteiger partial charge < -0.3 is 9.47 Å². The van der Waals surface area contributed by atoms with Gasteiger partial charge in [0.1, 0.15) is 12.4 Å². The molecule has 2 aromatic rings. The Balaban J connectivity index is 2.18. The molecule has 0 bridgehead atoms. The summed E-state index contributed by atoms with van der Waals surface area (Å²) in [5.41, 5.74) is 4.64. The van der Waals surface area contributed by atoms with Crippen LogP contribution in [0.5, 0.6) is 5.75 Å². The monoisotopic (exact) mass is 254 g/mol. The molecule has 0 radical (unpaired) electrons. The first kappa shape index (κ1) is 11.8. The van der Waals surface area contributed by atoms with E-state index in [-0.39, 0.29) is 5.92 Å². The summed E-state index contributed by atoms with van der Waals surface area (Å²) < 4.78 is 10.4. The normalized spacial score (nSPS) is 15.5. The molecule has 0 saturated heterocycles. The standard InChI is InChI=1S/C16H14O3/c1-18-15-8-4-7-13-11-5-2-3-6-12(11)14(16(13)15)9-19-10-17/h2-8,10,14H,9H2,1H3. The third kappa shape index (κ3) is 1.78. The maximum Gasteiger partial charge on any atom is 0.293 e. The van der Waals surface area contributed by atoms with Crippen molar-refractivity contribution in [2.75, 3.05) is 13.7 Å². The van der Waals surface area contributed by atoms with E-state index in [1.54, 1.807) is 7.11 Å². The lowest BCUT2D eigenvalue weighted by atomic mass is 9.97. The van der Waals surface area contributed by atoms with E-state index in [0.29, 0.717) is 13.1 Å². The van der Waals surface area contributed by atoms with Crippen molar-refractivity contribution in [3.63, 3.8) is 0 Å². The molecule has 0 heterocycles. The fraction of sp³-hybridized carbons (Fsp3) is 0.188. The number of methoxy groups -OCH3 is 1. The summed E-state index contributed by atoms with van der Waals surface area (Å²) in [5.74, 6) is 0.890. The van der Waals surface area contributed by atoms with E-state index in [2.05, 4.69) is 18.2 Å². The lowest BCUT2D eigenvalue weighted by molar-refractivity contribution is -0.128. The number of carbonyl (C=O) groups is 1. The molecule has 0 fully saturated rings. The van der Waals surface area contributed by atoms with E-state index in [0.717, 1.165) is 16.9 Å². The molecule has 0 spiro atoms. The van der Waals surface area contributed by atoms with Gasteiger partial charge in [-0.1, -0.05) is 36.4 Å². The largest absolute Gasteiger partial charge is 0.496 e. The van der Waals surface area contributed by atoms with Crippen LogP contribution in [0.2, 0.25) is 0 Å². The predicted octanol–water partition coefficient (Wildman–Crippen LogP) is 2.98. The van der Waals surface area contributed by atoms with Crippen molar-refractivity contribution in [2.45, 2.75) is 5.92 Å². The van der Waals surface area contributed by atoms with Crippen molar-refractivity contribution in [3.8, 4) is 16.9 Å². The van der Waals surface area contributed by atoms with Crippen molar-refractivity contribution >= 4 is 6.47 Å². The summed E-state index contributed by atoms with van der Waals surface area (Å²) in [6.45, 7) is 0.837. The number of rotatable bonds is 4. The second kappa shape index (κ2) is 4.76. The lowest BCUT2D eigenvalue weighted by Gasteiger charge is -2.15. The molecule has 0 saturated carbocycles. The molecule has 0 amide bonds. The molecule has 3 heteroatoms. The molecule has 3 nitrogen and oxygen atoms in total. The first-order valence-corrected chi connectivity index (χ1v) is 6.18. The molecule has 2 aromatic carbocycles. The Kier molecular flexibility index (Phi) is 2.95. The highest BCUT2D eigenvalue weighted by Gasteiger charge is 2.31. The van der Waals surface area contributed by atoms with Crippen LogP contribution in [-0.4, -0.2) is 20.2 Å². The number of ether oxygens (including phenoxy) is 2. The Morgan fingerprint density at radius 2 is 1.89 bits per heavy atom. The number of benzene rings is 2. The van der Waals surface area contributed by atoms with Gasteiger partial charge in [-0.3, -0.25) is 4.79 Å². The van der Waals surface area contributed by atoms with Crippen LogP contribution in [0.3, 0.4) is 0 Å². The zero-order chi connectivity index (χ0) is 13.2. The van der Waals surface area contributed by atoms with Gasteiger partial charge in [0.15, 0.2) is 0 Å². The van der Waals surface area contributed by atoms with E-state index >= 15 is 0 Å². The van der Waals surface area contributed by atoms with E-state index in [1.807, 2.05) is 24.3 Å². The number of carbonyl (C=O) groups excluding carboxylic acids is 1. The zero-order valence-corrected chi connectivity index (χ0v) is 10.6. The summed E-state index contributed by atoms with van der Waals surface area (Å²) in [6.07, 6.45) is 0. The van der Waals surface area contributed by atoms with Crippen LogP contribution in [0.25, 0.3) is 11.1 Å². The average Bonchev–Trinajstić information content (AvgIpc) is 2.79. The maximum atomic E-state index is 10.5. The van der Waals surface area contributed by atoms with Gasteiger partial charge >= 0.3 is 0 Å². The smallest absolute Gasteiger partial charge is 0.293 e. The fourth-order valence-electron chi connectivity index (χ4n) is 2.83. The molecule has 1 aliphatic carbocycles. The quantitative estimate of drug-likeness (QED) is 0.787. The molecule has 0 aliphatic heterocycles. The molecule has 0 aromatic heterocycles. The summed E-state index contributed by atoms with van der Waals surface area (Å²) in [4.78, 5) is 10.5. The minimum atomic E-state index is 0.0487. The van der Waals surface area contributed by atoms with E-state index in [4.69, 9.17) is 9.47 Å². The highest BCUT2D eigenvalue weighted by atomic mass is 16.5. The summed E-state index contributed by atoms with van der Waals surface area (Å²) in [5, 5.41) is 0. The molecule has 19 heavy (non-hydrogen) atoms. The lowest BCUT2D eigenvalue weighted by Crippen LogP contribution is -2.07. The Hall–Kier alpha value is -2.29. The van der Waals surface area contributed by atoms with E-state index in [9.17, 15) is 4.79 Å². The predicted molar refractivity (Wildman–Crippen MR) is 72.3 cm³/mol. The molecule has 0 N–H and O–H groups in total. The van der Waals surface area contributed by atoms with Gasteiger partial charge in [-0.2, -0.15) is 0 Å².